The van der Waals surface area contributed by atoms with Gasteiger partial charge in [0.25, 0.3) is 0 Å². The molecule has 2 unspecified atom stereocenters. The molecule has 2 nitrogen and oxygen atoms in total. The molecule has 1 aliphatic rings. The van der Waals surface area contributed by atoms with Crippen LogP contribution in [0.1, 0.15) is 33.1 Å². The second-order valence-corrected chi connectivity index (χ2v) is 4.42. The predicted octanol–water partition coefficient (Wildman–Crippen LogP) is 2.00. The molecule has 0 bridgehead atoms. The van der Waals surface area contributed by atoms with E-state index in [0.717, 1.165) is 24.8 Å². The van der Waals surface area contributed by atoms with Crippen molar-refractivity contribution in [3.8, 4) is 0 Å². The summed E-state index contributed by atoms with van der Waals surface area (Å²) in [5, 5.41) is 9.95. The fourth-order valence-electron chi connectivity index (χ4n) is 1.77. The molecule has 1 rings (SSSR count). The van der Waals surface area contributed by atoms with Gasteiger partial charge in [0.2, 0.25) is 0 Å². The lowest BCUT2D eigenvalue weighted by atomic mass is 9.92. The van der Waals surface area contributed by atoms with Gasteiger partial charge in [-0.2, -0.15) is 0 Å². The first kappa shape index (κ1) is 11.5. The van der Waals surface area contributed by atoms with Crippen molar-refractivity contribution < 1.29 is 5.11 Å². The first-order valence-electron chi connectivity index (χ1n) is 5.41. The number of aliphatic hydroxyl groups excluding tert-OH is 1. The molecule has 0 saturated carbocycles. The molecule has 2 heteroatoms. The van der Waals surface area contributed by atoms with Gasteiger partial charge in [-0.3, -0.25) is 0 Å². The van der Waals surface area contributed by atoms with E-state index in [9.17, 15) is 5.11 Å². The molecule has 0 aliphatic heterocycles. The highest BCUT2D eigenvalue weighted by Gasteiger charge is 2.19. The molecule has 0 saturated heterocycles. The van der Waals surface area contributed by atoms with Crippen molar-refractivity contribution in [1.29, 1.82) is 0 Å². The molecule has 0 spiro atoms. The van der Waals surface area contributed by atoms with E-state index < -0.39 is 6.10 Å². The third kappa shape index (κ3) is 3.28. The average molecular weight is 195 g/mol. The minimum Gasteiger partial charge on any atom is -0.387 e. The molecule has 0 aromatic carbocycles. The summed E-state index contributed by atoms with van der Waals surface area (Å²) in [7, 11) is 0. The van der Waals surface area contributed by atoms with Crippen LogP contribution in [0.2, 0.25) is 0 Å². The van der Waals surface area contributed by atoms with E-state index in [1.165, 1.54) is 0 Å². The maximum absolute atomic E-state index is 9.95. The minimum absolute atomic E-state index is 0.135. The second kappa shape index (κ2) is 5.32. The van der Waals surface area contributed by atoms with Gasteiger partial charge >= 0.3 is 0 Å². The monoisotopic (exact) mass is 195 g/mol. The number of hydrogen-bond donors (Lipinski definition) is 2. The van der Waals surface area contributed by atoms with Crippen LogP contribution >= 0.6 is 0 Å². The van der Waals surface area contributed by atoms with E-state index in [1.807, 2.05) is 6.08 Å². The van der Waals surface area contributed by atoms with Gasteiger partial charge in [0, 0.05) is 6.04 Å². The molecule has 0 fully saturated rings. The van der Waals surface area contributed by atoms with Gasteiger partial charge in [-0.05, 0) is 30.8 Å². The van der Waals surface area contributed by atoms with Crippen molar-refractivity contribution in [1.82, 2.24) is 0 Å². The smallest absolute Gasteiger partial charge is 0.0937 e. The van der Waals surface area contributed by atoms with Gasteiger partial charge in [0.05, 0.1) is 6.10 Å². The Morgan fingerprint density at radius 1 is 1.43 bits per heavy atom. The summed E-state index contributed by atoms with van der Waals surface area (Å²) in [6.45, 7) is 4.25. The van der Waals surface area contributed by atoms with Gasteiger partial charge in [-0.25, -0.2) is 0 Å². The van der Waals surface area contributed by atoms with Crippen molar-refractivity contribution in [2.75, 3.05) is 0 Å². The van der Waals surface area contributed by atoms with Crippen molar-refractivity contribution in [3.05, 3.63) is 23.8 Å². The summed E-state index contributed by atoms with van der Waals surface area (Å²) < 4.78 is 0. The van der Waals surface area contributed by atoms with Crippen molar-refractivity contribution >= 4 is 0 Å². The maximum Gasteiger partial charge on any atom is 0.0937 e. The number of hydrogen-bond acceptors (Lipinski definition) is 2. The number of nitrogens with two attached hydrogens (primary N) is 1. The fourth-order valence-corrected chi connectivity index (χ4v) is 1.77. The Morgan fingerprint density at radius 3 is 2.64 bits per heavy atom. The molecular formula is C12H21NO. The summed E-state index contributed by atoms with van der Waals surface area (Å²) in [6, 6.07) is -0.135. The Balaban J connectivity index is 2.51. The van der Waals surface area contributed by atoms with Gasteiger partial charge < -0.3 is 10.8 Å². The summed E-state index contributed by atoms with van der Waals surface area (Å²) in [6.07, 6.45) is 8.66. The summed E-state index contributed by atoms with van der Waals surface area (Å²) in [4.78, 5) is 0. The third-order valence-corrected chi connectivity index (χ3v) is 2.51. The lowest BCUT2D eigenvalue weighted by Gasteiger charge is -2.22. The van der Waals surface area contributed by atoms with Crippen LogP contribution in [-0.2, 0) is 0 Å². The van der Waals surface area contributed by atoms with Crippen LogP contribution < -0.4 is 5.73 Å². The van der Waals surface area contributed by atoms with Gasteiger partial charge in [-0.15, -0.1) is 0 Å². The van der Waals surface area contributed by atoms with Gasteiger partial charge in [0.1, 0.15) is 0 Å². The van der Waals surface area contributed by atoms with Crippen LogP contribution in [0.5, 0.6) is 0 Å². The first-order chi connectivity index (χ1) is 6.61. The van der Waals surface area contributed by atoms with Gasteiger partial charge in [-0.1, -0.05) is 32.1 Å². The highest BCUT2D eigenvalue weighted by molar-refractivity contribution is 5.27. The zero-order valence-corrected chi connectivity index (χ0v) is 9.11. The molecule has 1 aliphatic carbocycles. The van der Waals surface area contributed by atoms with Crippen LogP contribution in [0.3, 0.4) is 0 Å². The Kier molecular flexibility index (Phi) is 4.36. The summed E-state index contributed by atoms with van der Waals surface area (Å²) in [5.41, 5.74) is 6.91. The van der Waals surface area contributed by atoms with Crippen molar-refractivity contribution in [3.63, 3.8) is 0 Å². The first-order valence-corrected chi connectivity index (χ1v) is 5.41. The predicted molar refractivity (Wildman–Crippen MR) is 59.9 cm³/mol. The van der Waals surface area contributed by atoms with Crippen molar-refractivity contribution in [2.45, 2.75) is 45.3 Å². The molecule has 2 atom stereocenters. The zero-order chi connectivity index (χ0) is 10.6. The average Bonchev–Trinajstić information content (AvgIpc) is 2.17. The SMILES string of the molecule is CC(C)CC(N)C(O)C1=CCCC=C1. The Bertz CT molecular complexity index is 230. The standard InChI is InChI=1S/C12H21NO/c1-9(2)8-11(13)12(14)10-6-4-3-5-7-10/h4,6-7,9,11-12,14H,3,5,8,13H2,1-2H3. The molecule has 80 valence electrons. The van der Waals surface area contributed by atoms with Crippen LogP contribution in [0.25, 0.3) is 0 Å². The molecule has 14 heavy (non-hydrogen) atoms. The Morgan fingerprint density at radius 2 is 2.14 bits per heavy atom. The van der Waals surface area contributed by atoms with Crippen LogP contribution in [0.15, 0.2) is 23.8 Å². The largest absolute Gasteiger partial charge is 0.387 e. The highest BCUT2D eigenvalue weighted by Crippen LogP contribution is 2.17. The normalized spacial score (nSPS) is 20.8. The lowest BCUT2D eigenvalue weighted by Crippen LogP contribution is -2.37. The third-order valence-electron chi connectivity index (χ3n) is 2.51. The number of allylic oxidation sites excluding steroid dienone is 2. The molecule has 3 N–H and O–H groups in total. The van der Waals surface area contributed by atoms with Crippen LogP contribution in [0.4, 0.5) is 0 Å². The van der Waals surface area contributed by atoms with E-state index in [2.05, 4.69) is 26.0 Å². The minimum atomic E-state index is -0.492. The van der Waals surface area contributed by atoms with Gasteiger partial charge in [0.15, 0.2) is 0 Å². The summed E-state index contributed by atoms with van der Waals surface area (Å²) >= 11 is 0. The second-order valence-electron chi connectivity index (χ2n) is 4.42. The molecular weight excluding hydrogens is 174 g/mol. The number of rotatable bonds is 4. The Hall–Kier alpha value is -0.600. The molecule has 0 aromatic rings. The van der Waals surface area contributed by atoms with Crippen LogP contribution in [0, 0.1) is 5.92 Å². The maximum atomic E-state index is 9.95. The van der Waals surface area contributed by atoms with Crippen LogP contribution in [-0.4, -0.2) is 17.3 Å². The fraction of sp³-hybridized carbons (Fsp3) is 0.667. The molecule has 0 amide bonds. The molecule has 0 aromatic heterocycles. The highest BCUT2D eigenvalue weighted by atomic mass is 16.3. The molecule has 0 heterocycles. The van der Waals surface area contributed by atoms with E-state index >= 15 is 0 Å². The molecule has 0 radical (unpaired) electrons. The zero-order valence-electron chi connectivity index (χ0n) is 9.11. The van der Waals surface area contributed by atoms with E-state index in [4.69, 9.17) is 5.73 Å². The summed E-state index contributed by atoms with van der Waals surface area (Å²) in [5.74, 6) is 0.535. The van der Waals surface area contributed by atoms with E-state index in [-0.39, 0.29) is 6.04 Å². The quantitative estimate of drug-likeness (QED) is 0.720. The number of aliphatic hydroxyl groups is 1. The topological polar surface area (TPSA) is 46.2 Å². The van der Waals surface area contributed by atoms with E-state index in [1.54, 1.807) is 0 Å². The van der Waals surface area contributed by atoms with Crippen molar-refractivity contribution in [2.24, 2.45) is 11.7 Å². The van der Waals surface area contributed by atoms with E-state index in [0.29, 0.717) is 5.92 Å². The lowest BCUT2D eigenvalue weighted by molar-refractivity contribution is 0.170. The Labute approximate surface area is 86.5 Å².